The minimum absolute atomic E-state index is 0.154. The second-order valence-electron chi connectivity index (χ2n) is 3.45. The average molecular weight is 243 g/mol. The second-order valence-corrected chi connectivity index (χ2v) is 3.45. The SMILES string of the molecule is CC.Cc1cccc(C(=O)Nc2cncnc2)c1. The molecule has 0 radical (unpaired) electrons. The van der Waals surface area contributed by atoms with Gasteiger partial charge < -0.3 is 5.32 Å². The fraction of sp³-hybridized carbons (Fsp3) is 0.214. The molecule has 18 heavy (non-hydrogen) atoms. The molecule has 1 aromatic carbocycles. The van der Waals surface area contributed by atoms with Gasteiger partial charge in [0.2, 0.25) is 0 Å². The first-order valence-corrected chi connectivity index (χ1v) is 5.89. The highest BCUT2D eigenvalue weighted by Crippen LogP contribution is 2.07. The molecule has 0 aliphatic carbocycles. The highest BCUT2D eigenvalue weighted by atomic mass is 16.1. The van der Waals surface area contributed by atoms with E-state index >= 15 is 0 Å². The molecule has 0 bridgehead atoms. The number of carbonyl (C=O) groups excluding carboxylic acids is 1. The third-order valence-electron chi connectivity index (χ3n) is 2.10. The van der Waals surface area contributed by atoms with Crippen molar-refractivity contribution in [2.75, 3.05) is 5.32 Å². The van der Waals surface area contributed by atoms with Crippen molar-refractivity contribution in [2.45, 2.75) is 20.8 Å². The summed E-state index contributed by atoms with van der Waals surface area (Å²) in [5.41, 5.74) is 2.27. The van der Waals surface area contributed by atoms with Crippen LogP contribution < -0.4 is 5.32 Å². The number of aryl methyl sites for hydroxylation is 1. The van der Waals surface area contributed by atoms with Crippen LogP contribution in [0.3, 0.4) is 0 Å². The van der Waals surface area contributed by atoms with E-state index in [1.165, 1.54) is 6.33 Å². The summed E-state index contributed by atoms with van der Waals surface area (Å²) in [5, 5.41) is 2.72. The number of nitrogens with zero attached hydrogens (tertiary/aromatic N) is 2. The van der Waals surface area contributed by atoms with Crippen molar-refractivity contribution >= 4 is 11.6 Å². The Balaban J connectivity index is 0.000000771. The lowest BCUT2D eigenvalue weighted by molar-refractivity contribution is 0.102. The third kappa shape index (κ3) is 3.97. The Hall–Kier alpha value is -2.23. The Bertz CT molecular complexity index is 497. The molecule has 0 spiro atoms. The van der Waals surface area contributed by atoms with Gasteiger partial charge in [-0.3, -0.25) is 4.79 Å². The molecule has 1 aromatic heterocycles. The zero-order valence-corrected chi connectivity index (χ0v) is 10.8. The summed E-state index contributed by atoms with van der Waals surface area (Å²) in [5.74, 6) is -0.154. The zero-order valence-electron chi connectivity index (χ0n) is 10.8. The number of hydrogen-bond acceptors (Lipinski definition) is 3. The topological polar surface area (TPSA) is 54.9 Å². The predicted molar refractivity (Wildman–Crippen MR) is 72.5 cm³/mol. The van der Waals surface area contributed by atoms with Crippen LogP contribution in [0.15, 0.2) is 43.0 Å². The Morgan fingerprint density at radius 1 is 1.17 bits per heavy atom. The van der Waals surface area contributed by atoms with Gasteiger partial charge in [0, 0.05) is 5.56 Å². The van der Waals surface area contributed by atoms with Crippen LogP contribution in [-0.4, -0.2) is 15.9 Å². The Morgan fingerprint density at radius 2 is 1.83 bits per heavy atom. The van der Waals surface area contributed by atoms with E-state index in [4.69, 9.17) is 0 Å². The molecule has 94 valence electrons. The first-order valence-electron chi connectivity index (χ1n) is 5.89. The number of benzene rings is 1. The summed E-state index contributed by atoms with van der Waals surface area (Å²) in [4.78, 5) is 19.4. The first-order chi connectivity index (χ1) is 8.75. The molecule has 4 nitrogen and oxygen atoms in total. The molecular weight excluding hydrogens is 226 g/mol. The Labute approximate surface area is 107 Å². The van der Waals surface area contributed by atoms with E-state index in [1.807, 2.05) is 39.0 Å². The Morgan fingerprint density at radius 3 is 2.44 bits per heavy atom. The summed E-state index contributed by atoms with van der Waals surface area (Å²) >= 11 is 0. The van der Waals surface area contributed by atoms with Crippen molar-refractivity contribution in [3.63, 3.8) is 0 Å². The van der Waals surface area contributed by atoms with Gasteiger partial charge in [0.1, 0.15) is 6.33 Å². The van der Waals surface area contributed by atoms with E-state index < -0.39 is 0 Å². The summed E-state index contributed by atoms with van der Waals surface area (Å²) < 4.78 is 0. The van der Waals surface area contributed by atoms with Crippen LogP contribution in [0.4, 0.5) is 5.69 Å². The van der Waals surface area contributed by atoms with Gasteiger partial charge >= 0.3 is 0 Å². The zero-order chi connectivity index (χ0) is 13.4. The number of anilines is 1. The highest BCUT2D eigenvalue weighted by molar-refractivity contribution is 6.04. The monoisotopic (exact) mass is 243 g/mol. The molecule has 0 aliphatic rings. The molecule has 0 unspecified atom stereocenters. The predicted octanol–water partition coefficient (Wildman–Crippen LogP) is 3.06. The van der Waals surface area contributed by atoms with Crippen molar-refractivity contribution in [3.8, 4) is 0 Å². The minimum atomic E-state index is -0.154. The summed E-state index contributed by atoms with van der Waals surface area (Å²) in [6.07, 6.45) is 4.53. The normalized spacial score (nSPS) is 9.06. The molecule has 0 atom stereocenters. The lowest BCUT2D eigenvalue weighted by Crippen LogP contribution is -2.12. The summed E-state index contributed by atoms with van der Waals surface area (Å²) in [6, 6.07) is 7.40. The second kappa shape index (κ2) is 7.17. The van der Waals surface area contributed by atoms with Crippen LogP contribution in [-0.2, 0) is 0 Å². The van der Waals surface area contributed by atoms with Gasteiger partial charge in [-0.2, -0.15) is 0 Å². The summed E-state index contributed by atoms with van der Waals surface area (Å²) in [7, 11) is 0. The standard InChI is InChI=1S/C12H11N3O.C2H6/c1-9-3-2-4-10(5-9)12(16)15-11-6-13-8-14-7-11;1-2/h2-8H,1H3,(H,15,16);1-2H3. The molecular formula is C14H17N3O. The quantitative estimate of drug-likeness (QED) is 0.881. The van der Waals surface area contributed by atoms with Gasteiger partial charge in [0.05, 0.1) is 18.1 Å². The third-order valence-corrected chi connectivity index (χ3v) is 2.10. The van der Waals surface area contributed by atoms with Crippen LogP contribution in [0.5, 0.6) is 0 Å². The molecule has 1 N–H and O–H groups in total. The van der Waals surface area contributed by atoms with Crippen LogP contribution >= 0.6 is 0 Å². The smallest absolute Gasteiger partial charge is 0.255 e. The lowest BCUT2D eigenvalue weighted by Gasteiger charge is -2.04. The number of rotatable bonds is 2. The maximum Gasteiger partial charge on any atom is 0.255 e. The van der Waals surface area contributed by atoms with Gasteiger partial charge in [0.15, 0.2) is 0 Å². The van der Waals surface area contributed by atoms with Crippen LogP contribution in [0.1, 0.15) is 29.8 Å². The minimum Gasteiger partial charge on any atom is -0.319 e. The van der Waals surface area contributed by atoms with Gasteiger partial charge in [-0.25, -0.2) is 9.97 Å². The fourth-order valence-electron chi connectivity index (χ4n) is 1.35. The average Bonchev–Trinajstić information content (AvgIpc) is 2.42. The van der Waals surface area contributed by atoms with Gasteiger partial charge in [-0.05, 0) is 19.1 Å². The first kappa shape index (κ1) is 13.8. The molecule has 0 saturated carbocycles. The van der Waals surface area contributed by atoms with Crippen molar-refractivity contribution in [1.82, 2.24) is 9.97 Å². The van der Waals surface area contributed by atoms with E-state index in [9.17, 15) is 4.79 Å². The van der Waals surface area contributed by atoms with Crippen molar-refractivity contribution in [2.24, 2.45) is 0 Å². The maximum atomic E-state index is 11.8. The lowest BCUT2D eigenvalue weighted by atomic mass is 10.1. The number of nitrogens with one attached hydrogen (secondary N) is 1. The molecule has 4 heteroatoms. The molecule has 0 fully saturated rings. The fourth-order valence-corrected chi connectivity index (χ4v) is 1.35. The van der Waals surface area contributed by atoms with Crippen molar-refractivity contribution < 1.29 is 4.79 Å². The van der Waals surface area contributed by atoms with E-state index in [0.29, 0.717) is 11.3 Å². The number of aromatic nitrogens is 2. The molecule has 0 saturated heterocycles. The largest absolute Gasteiger partial charge is 0.319 e. The molecule has 2 aromatic rings. The van der Waals surface area contributed by atoms with Gasteiger partial charge in [0.25, 0.3) is 5.91 Å². The Kier molecular flexibility index (Phi) is 5.51. The van der Waals surface area contributed by atoms with Gasteiger partial charge in [-0.1, -0.05) is 31.5 Å². The van der Waals surface area contributed by atoms with Crippen molar-refractivity contribution in [3.05, 3.63) is 54.1 Å². The summed E-state index contributed by atoms with van der Waals surface area (Å²) in [6.45, 7) is 5.95. The number of hydrogen-bond donors (Lipinski definition) is 1. The number of carbonyl (C=O) groups is 1. The van der Waals surface area contributed by atoms with Crippen LogP contribution in [0.2, 0.25) is 0 Å². The number of amides is 1. The van der Waals surface area contributed by atoms with Crippen LogP contribution in [0.25, 0.3) is 0 Å². The van der Waals surface area contributed by atoms with E-state index in [-0.39, 0.29) is 5.91 Å². The van der Waals surface area contributed by atoms with Crippen LogP contribution in [0, 0.1) is 6.92 Å². The highest BCUT2D eigenvalue weighted by Gasteiger charge is 2.05. The molecule has 1 heterocycles. The van der Waals surface area contributed by atoms with E-state index in [0.717, 1.165) is 5.56 Å². The van der Waals surface area contributed by atoms with E-state index in [2.05, 4.69) is 15.3 Å². The van der Waals surface area contributed by atoms with Gasteiger partial charge in [-0.15, -0.1) is 0 Å². The van der Waals surface area contributed by atoms with E-state index in [1.54, 1.807) is 18.5 Å². The van der Waals surface area contributed by atoms with Crippen molar-refractivity contribution in [1.29, 1.82) is 0 Å². The molecule has 2 rings (SSSR count). The maximum absolute atomic E-state index is 11.8. The molecule has 1 amide bonds. The molecule has 0 aliphatic heterocycles.